The molecule has 0 amide bonds. The second-order valence-corrected chi connectivity index (χ2v) is 4.63. The molecule has 0 heterocycles. The van der Waals surface area contributed by atoms with Crippen LogP contribution in [0.4, 0.5) is 0 Å². The topological polar surface area (TPSA) is 35.2 Å². The summed E-state index contributed by atoms with van der Waals surface area (Å²) in [7, 11) is 0. The molecule has 1 unspecified atom stereocenters. The van der Waals surface area contributed by atoms with Gasteiger partial charge in [-0.1, -0.05) is 45.0 Å². The lowest BCUT2D eigenvalue weighted by Gasteiger charge is -2.14. The molecule has 1 atom stereocenters. The maximum Gasteiger partial charge on any atom is 0.0659 e. The van der Waals surface area contributed by atoms with Crippen LogP contribution in [0.25, 0.3) is 0 Å². The quantitative estimate of drug-likeness (QED) is 0.801. The molecule has 0 aliphatic heterocycles. The van der Waals surface area contributed by atoms with Crippen molar-refractivity contribution in [3.05, 3.63) is 35.4 Å². The van der Waals surface area contributed by atoms with Crippen LogP contribution in [0.15, 0.2) is 24.3 Å². The number of aryl methyl sites for hydroxylation is 1. The number of hydrogen-bond acceptors (Lipinski definition) is 2. The molecule has 0 radical (unpaired) electrons. The molecule has 16 heavy (non-hydrogen) atoms. The van der Waals surface area contributed by atoms with E-state index in [1.807, 2.05) is 0 Å². The number of hydrogen-bond donors (Lipinski definition) is 1. The number of ether oxygens (including phenoxy) is 1. The maximum absolute atomic E-state index is 6.05. The Morgan fingerprint density at radius 2 is 1.75 bits per heavy atom. The highest BCUT2D eigenvalue weighted by Gasteiger charge is 2.06. The third-order valence-electron chi connectivity index (χ3n) is 2.56. The Morgan fingerprint density at radius 1 is 1.12 bits per heavy atom. The van der Waals surface area contributed by atoms with E-state index in [4.69, 9.17) is 10.5 Å². The van der Waals surface area contributed by atoms with Gasteiger partial charge in [0, 0.05) is 6.61 Å². The summed E-state index contributed by atoms with van der Waals surface area (Å²) >= 11 is 0. The van der Waals surface area contributed by atoms with Crippen molar-refractivity contribution in [2.24, 2.45) is 11.7 Å². The van der Waals surface area contributed by atoms with Crippen LogP contribution in [0.2, 0.25) is 0 Å². The molecule has 1 aromatic rings. The van der Waals surface area contributed by atoms with E-state index in [2.05, 4.69) is 45.0 Å². The van der Waals surface area contributed by atoms with Gasteiger partial charge < -0.3 is 10.5 Å². The van der Waals surface area contributed by atoms with Crippen molar-refractivity contribution >= 4 is 0 Å². The number of rotatable bonds is 6. The van der Waals surface area contributed by atoms with Crippen molar-refractivity contribution < 1.29 is 4.74 Å². The van der Waals surface area contributed by atoms with Gasteiger partial charge in [0.1, 0.15) is 0 Å². The average molecular weight is 221 g/mol. The summed E-state index contributed by atoms with van der Waals surface area (Å²) in [5.41, 5.74) is 8.55. The number of nitrogens with two attached hydrogens (primary N) is 1. The van der Waals surface area contributed by atoms with Gasteiger partial charge in [0.05, 0.1) is 12.6 Å². The molecule has 0 bridgehead atoms. The minimum absolute atomic E-state index is 0.00958. The molecule has 1 rings (SSSR count). The van der Waals surface area contributed by atoms with Crippen molar-refractivity contribution in [1.82, 2.24) is 0 Å². The first-order valence-corrected chi connectivity index (χ1v) is 6.05. The molecule has 2 heteroatoms. The molecule has 90 valence electrons. The fraction of sp³-hybridized carbons (Fsp3) is 0.571. The first-order chi connectivity index (χ1) is 7.63. The Labute approximate surface area is 98.8 Å². The Morgan fingerprint density at radius 3 is 2.25 bits per heavy atom. The monoisotopic (exact) mass is 221 g/mol. The molecule has 0 fully saturated rings. The molecule has 2 N–H and O–H groups in total. The number of benzene rings is 1. The van der Waals surface area contributed by atoms with Crippen LogP contribution in [0.3, 0.4) is 0 Å². The molecule has 2 nitrogen and oxygen atoms in total. The first kappa shape index (κ1) is 13.2. The van der Waals surface area contributed by atoms with Gasteiger partial charge in [0.25, 0.3) is 0 Å². The fourth-order valence-corrected chi connectivity index (χ4v) is 1.53. The van der Waals surface area contributed by atoms with Crippen LogP contribution in [0, 0.1) is 5.92 Å². The Kier molecular flexibility index (Phi) is 5.50. The lowest BCUT2D eigenvalue weighted by atomic mass is 10.1. The predicted octanol–water partition coefficient (Wildman–Crippen LogP) is 2.92. The second kappa shape index (κ2) is 6.66. The lowest BCUT2D eigenvalue weighted by Crippen LogP contribution is -2.18. The maximum atomic E-state index is 6.05. The molecule has 0 aliphatic carbocycles. The molecular weight excluding hydrogens is 198 g/mol. The Hall–Kier alpha value is -0.860. The molecule has 1 aromatic carbocycles. The van der Waals surface area contributed by atoms with Gasteiger partial charge in [-0.25, -0.2) is 0 Å². The highest BCUT2D eigenvalue weighted by Crippen LogP contribution is 2.12. The SMILES string of the molecule is CCc1ccc(C(N)COCC(C)C)cc1. The lowest BCUT2D eigenvalue weighted by molar-refractivity contribution is 0.0983. The van der Waals surface area contributed by atoms with Crippen LogP contribution in [0.1, 0.15) is 37.9 Å². The van der Waals surface area contributed by atoms with E-state index in [0.29, 0.717) is 12.5 Å². The normalized spacial score (nSPS) is 13.1. The van der Waals surface area contributed by atoms with Gasteiger partial charge in [0.15, 0.2) is 0 Å². The Bertz CT molecular complexity index is 292. The van der Waals surface area contributed by atoms with Crippen LogP contribution in [-0.2, 0) is 11.2 Å². The van der Waals surface area contributed by atoms with Crippen molar-refractivity contribution in [2.75, 3.05) is 13.2 Å². The van der Waals surface area contributed by atoms with Crippen LogP contribution in [0.5, 0.6) is 0 Å². The van der Waals surface area contributed by atoms with Gasteiger partial charge in [-0.05, 0) is 23.5 Å². The van der Waals surface area contributed by atoms with Crippen molar-refractivity contribution in [1.29, 1.82) is 0 Å². The highest BCUT2D eigenvalue weighted by molar-refractivity contribution is 5.24. The Balaban J connectivity index is 2.43. The van der Waals surface area contributed by atoms with Crippen LogP contribution < -0.4 is 5.73 Å². The minimum atomic E-state index is -0.00958. The van der Waals surface area contributed by atoms with E-state index >= 15 is 0 Å². The molecular formula is C14H23NO. The van der Waals surface area contributed by atoms with E-state index in [1.54, 1.807) is 0 Å². The zero-order valence-electron chi connectivity index (χ0n) is 10.6. The molecule has 0 aliphatic rings. The zero-order chi connectivity index (χ0) is 12.0. The molecule has 0 saturated carbocycles. The van der Waals surface area contributed by atoms with E-state index in [0.717, 1.165) is 18.6 Å². The third-order valence-corrected chi connectivity index (χ3v) is 2.56. The highest BCUT2D eigenvalue weighted by atomic mass is 16.5. The summed E-state index contributed by atoms with van der Waals surface area (Å²) in [5, 5.41) is 0. The first-order valence-electron chi connectivity index (χ1n) is 6.05. The van der Waals surface area contributed by atoms with E-state index in [9.17, 15) is 0 Å². The van der Waals surface area contributed by atoms with Crippen molar-refractivity contribution in [3.63, 3.8) is 0 Å². The molecule has 0 aromatic heterocycles. The van der Waals surface area contributed by atoms with Crippen molar-refractivity contribution in [3.8, 4) is 0 Å². The predicted molar refractivity (Wildman–Crippen MR) is 68.4 cm³/mol. The largest absolute Gasteiger partial charge is 0.379 e. The van der Waals surface area contributed by atoms with Gasteiger partial charge in [-0.15, -0.1) is 0 Å². The second-order valence-electron chi connectivity index (χ2n) is 4.63. The fourth-order valence-electron chi connectivity index (χ4n) is 1.53. The minimum Gasteiger partial charge on any atom is -0.379 e. The van der Waals surface area contributed by atoms with Crippen molar-refractivity contribution in [2.45, 2.75) is 33.2 Å². The van der Waals surface area contributed by atoms with E-state index in [-0.39, 0.29) is 6.04 Å². The smallest absolute Gasteiger partial charge is 0.0659 e. The molecule has 0 saturated heterocycles. The molecule has 0 spiro atoms. The summed E-state index contributed by atoms with van der Waals surface area (Å²) in [6.45, 7) is 7.81. The summed E-state index contributed by atoms with van der Waals surface area (Å²) < 4.78 is 5.54. The summed E-state index contributed by atoms with van der Waals surface area (Å²) in [6.07, 6.45) is 1.07. The summed E-state index contributed by atoms with van der Waals surface area (Å²) in [4.78, 5) is 0. The van der Waals surface area contributed by atoms with Gasteiger partial charge in [-0.2, -0.15) is 0 Å². The zero-order valence-corrected chi connectivity index (χ0v) is 10.6. The summed E-state index contributed by atoms with van der Waals surface area (Å²) in [6, 6.07) is 8.46. The van der Waals surface area contributed by atoms with E-state index < -0.39 is 0 Å². The van der Waals surface area contributed by atoms with Gasteiger partial charge in [-0.3, -0.25) is 0 Å². The van der Waals surface area contributed by atoms with Gasteiger partial charge in [0.2, 0.25) is 0 Å². The van der Waals surface area contributed by atoms with E-state index in [1.165, 1.54) is 5.56 Å². The van der Waals surface area contributed by atoms with Crippen LogP contribution >= 0.6 is 0 Å². The van der Waals surface area contributed by atoms with Crippen LogP contribution in [-0.4, -0.2) is 13.2 Å². The average Bonchev–Trinajstić information content (AvgIpc) is 2.28. The standard InChI is InChI=1S/C14H23NO/c1-4-12-5-7-13(8-6-12)14(15)10-16-9-11(2)3/h5-8,11,14H,4,9-10,15H2,1-3H3. The third kappa shape index (κ3) is 4.33. The summed E-state index contributed by atoms with van der Waals surface area (Å²) in [5.74, 6) is 0.565. The van der Waals surface area contributed by atoms with Gasteiger partial charge >= 0.3 is 0 Å².